The molecule has 290 valence electrons. The predicted molar refractivity (Wildman–Crippen MR) is 208 cm³/mol. The topological polar surface area (TPSA) is 96.3 Å². The number of carbonyl (C=O) groups excluding carboxylic acids is 2. The summed E-state index contributed by atoms with van der Waals surface area (Å²) in [6.07, 6.45) is 5.26. The van der Waals surface area contributed by atoms with E-state index in [1.165, 1.54) is 6.07 Å². The van der Waals surface area contributed by atoms with Gasteiger partial charge in [-0.05, 0) is 116 Å². The summed E-state index contributed by atoms with van der Waals surface area (Å²) in [4.78, 5) is 30.4. The molecule has 4 aromatic rings. The number of benzene rings is 4. The van der Waals surface area contributed by atoms with Crippen LogP contribution >= 0.6 is 0 Å². The fourth-order valence-corrected chi connectivity index (χ4v) is 8.62. The van der Waals surface area contributed by atoms with Crippen LogP contribution in [0.25, 0.3) is 0 Å². The summed E-state index contributed by atoms with van der Waals surface area (Å²) >= 11 is 0. The third-order valence-corrected chi connectivity index (χ3v) is 11.9. The van der Waals surface area contributed by atoms with Crippen LogP contribution in [-0.4, -0.2) is 59.3 Å². The van der Waals surface area contributed by atoms with E-state index in [1.807, 2.05) is 48.5 Å². The number of allylic oxidation sites excluding steroid dienone is 2. The Morgan fingerprint density at radius 3 is 2.36 bits per heavy atom. The van der Waals surface area contributed by atoms with Crippen molar-refractivity contribution in [2.75, 3.05) is 20.8 Å². The van der Waals surface area contributed by atoms with Crippen LogP contribution < -0.4 is 9.47 Å². The summed E-state index contributed by atoms with van der Waals surface area (Å²) in [5.41, 5.74) is 2.44. The van der Waals surface area contributed by atoms with Gasteiger partial charge in [0.15, 0.2) is 28.9 Å². The molecule has 7 nitrogen and oxygen atoms in total. The summed E-state index contributed by atoms with van der Waals surface area (Å²) in [6, 6.07) is 23.8. The molecular weight excluding hydrogens is 701 g/mol. The van der Waals surface area contributed by atoms with Gasteiger partial charge in [0.25, 0.3) is 0 Å². The first-order chi connectivity index (χ1) is 26.3. The zero-order chi connectivity index (χ0) is 39.3. The van der Waals surface area contributed by atoms with Crippen LogP contribution in [0.1, 0.15) is 96.5 Å². The molecule has 2 N–H and O–H groups in total. The van der Waals surface area contributed by atoms with Gasteiger partial charge in [0.2, 0.25) is 5.91 Å². The van der Waals surface area contributed by atoms with Gasteiger partial charge in [-0.2, -0.15) is 0 Å². The highest BCUT2D eigenvalue weighted by atomic mass is 19.2. The van der Waals surface area contributed by atoms with Crippen LogP contribution in [0.4, 0.5) is 8.78 Å². The summed E-state index contributed by atoms with van der Waals surface area (Å²) in [7, 11) is 3.11. The van der Waals surface area contributed by atoms with Gasteiger partial charge < -0.3 is 24.6 Å². The number of ketones is 1. The lowest BCUT2D eigenvalue weighted by atomic mass is 9.64. The number of carbonyl (C=O) groups is 2. The highest BCUT2D eigenvalue weighted by Crippen LogP contribution is 2.59. The van der Waals surface area contributed by atoms with Crippen molar-refractivity contribution in [3.8, 4) is 11.5 Å². The predicted octanol–water partition coefficient (Wildman–Crippen LogP) is 8.52. The fourth-order valence-electron chi connectivity index (χ4n) is 8.62. The van der Waals surface area contributed by atoms with Crippen molar-refractivity contribution in [1.29, 1.82) is 0 Å². The van der Waals surface area contributed by atoms with Crippen LogP contribution in [0, 0.1) is 17.0 Å². The lowest BCUT2D eigenvalue weighted by Crippen LogP contribution is -2.53. The maximum Gasteiger partial charge on any atom is 0.227 e. The molecule has 0 saturated heterocycles. The van der Waals surface area contributed by atoms with Crippen LogP contribution in [-0.2, 0) is 24.2 Å². The van der Waals surface area contributed by atoms with Crippen molar-refractivity contribution < 1.29 is 38.1 Å². The number of hydrogen-bond donors (Lipinski definition) is 2. The molecule has 7 rings (SSSR count). The van der Waals surface area contributed by atoms with Gasteiger partial charge in [-0.15, -0.1) is 0 Å². The van der Waals surface area contributed by atoms with Crippen molar-refractivity contribution >= 4 is 11.7 Å². The number of ether oxygens (including phenoxy) is 2. The first-order valence-corrected chi connectivity index (χ1v) is 19.1. The van der Waals surface area contributed by atoms with Crippen LogP contribution in [0.2, 0.25) is 0 Å². The van der Waals surface area contributed by atoms with Crippen LogP contribution in [0.5, 0.6) is 11.5 Å². The van der Waals surface area contributed by atoms with E-state index in [9.17, 15) is 28.6 Å². The summed E-state index contributed by atoms with van der Waals surface area (Å²) in [5.74, 6) is -2.02. The third-order valence-electron chi connectivity index (χ3n) is 11.9. The maximum atomic E-state index is 14.5. The number of rotatable bonds is 10. The third kappa shape index (κ3) is 8.68. The minimum absolute atomic E-state index is 0.0160. The molecule has 0 unspecified atom stereocenters. The van der Waals surface area contributed by atoms with E-state index in [2.05, 4.69) is 19.9 Å². The van der Waals surface area contributed by atoms with E-state index in [-0.39, 0.29) is 36.9 Å². The average molecular weight is 752 g/mol. The summed E-state index contributed by atoms with van der Waals surface area (Å²) in [5, 5.41) is 24.0. The Bertz CT molecular complexity index is 2050. The molecule has 55 heavy (non-hydrogen) atoms. The SMILES string of the molecule is COc1ccc(CC(=O)N(Cc2ccccc2)C[C@]2(O)CC[C@H]3c4ccc(cc4C(=O)c4ccc(F)c(F)c4)C[C@@H](O)CCC(C)=CCC[C@@]32C)cc1OC. The molecule has 0 aromatic heterocycles. The molecule has 1 amide bonds. The van der Waals surface area contributed by atoms with Gasteiger partial charge in [-0.3, -0.25) is 9.59 Å². The van der Waals surface area contributed by atoms with Gasteiger partial charge in [-0.1, -0.05) is 67.1 Å². The Balaban J connectivity index is 1.42. The average Bonchev–Trinajstić information content (AvgIpc) is 3.43. The van der Waals surface area contributed by atoms with E-state index >= 15 is 0 Å². The van der Waals surface area contributed by atoms with Crippen LogP contribution in [0.15, 0.2) is 96.6 Å². The van der Waals surface area contributed by atoms with E-state index in [1.54, 1.807) is 37.3 Å². The molecule has 1 saturated carbocycles. The second kappa shape index (κ2) is 16.9. The molecule has 4 atom stereocenters. The fraction of sp³-hybridized carbons (Fsp3) is 0.391. The van der Waals surface area contributed by atoms with Crippen molar-refractivity contribution in [3.63, 3.8) is 0 Å². The molecule has 4 aromatic carbocycles. The minimum Gasteiger partial charge on any atom is -0.493 e. The minimum atomic E-state index is -1.37. The highest BCUT2D eigenvalue weighted by molar-refractivity contribution is 6.10. The summed E-state index contributed by atoms with van der Waals surface area (Å²) < 4.78 is 39.4. The second-order valence-corrected chi connectivity index (χ2v) is 15.5. The Labute approximate surface area is 322 Å². The standard InChI is InChI=1S/C46H51F2NO6/c1-30-9-8-21-45(2)38(36-17-13-32(23-35(50)16-12-30)24-37(36)44(52)34-15-18-39(47)40(48)27-34)20-22-46(45,53)29-49(28-31-10-6-5-7-11-31)43(51)26-33-14-19-41(54-3)42(25-33)55-4/h5-7,9-11,13-15,17-19,24-25,27,35,38,50,53H,8,12,16,20-23,26,28-29H2,1-4H3/t35-,38-,45-,46+/m0/s1. The number of amides is 1. The Hall–Kier alpha value is -4.86. The number of nitrogens with zero attached hydrogens (tertiary/aromatic N) is 1. The van der Waals surface area contributed by atoms with E-state index in [4.69, 9.17) is 9.47 Å². The molecule has 3 aliphatic rings. The molecule has 0 radical (unpaired) electrons. The first-order valence-electron chi connectivity index (χ1n) is 19.1. The molecule has 0 aliphatic heterocycles. The quantitative estimate of drug-likeness (QED) is 0.125. The smallest absolute Gasteiger partial charge is 0.227 e. The van der Waals surface area contributed by atoms with E-state index < -0.39 is 34.5 Å². The zero-order valence-electron chi connectivity index (χ0n) is 32.1. The van der Waals surface area contributed by atoms with Crippen molar-refractivity contribution in [2.45, 2.75) is 89.4 Å². The Morgan fingerprint density at radius 1 is 0.873 bits per heavy atom. The number of aliphatic hydroxyl groups excluding tert-OH is 1. The molecule has 1 fully saturated rings. The molecular formula is C46H51F2NO6. The van der Waals surface area contributed by atoms with Gasteiger partial charge in [-0.25, -0.2) is 8.78 Å². The van der Waals surface area contributed by atoms with E-state index in [0.29, 0.717) is 67.6 Å². The van der Waals surface area contributed by atoms with Crippen molar-refractivity contribution in [2.24, 2.45) is 5.41 Å². The Morgan fingerprint density at radius 2 is 1.64 bits per heavy atom. The van der Waals surface area contributed by atoms with Crippen LogP contribution in [0.3, 0.4) is 0 Å². The summed E-state index contributed by atoms with van der Waals surface area (Å²) in [6.45, 7) is 4.45. The highest BCUT2D eigenvalue weighted by Gasteiger charge is 2.57. The monoisotopic (exact) mass is 751 g/mol. The maximum absolute atomic E-state index is 14.5. The van der Waals surface area contributed by atoms with E-state index in [0.717, 1.165) is 34.4 Å². The normalized spacial score (nSPS) is 22.7. The number of halogens is 2. The first kappa shape index (κ1) is 39.8. The molecule has 9 heteroatoms. The van der Waals surface area contributed by atoms with Gasteiger partial charge in [0.05, 0.1) is 38.9 Å². The van der Waals surface area contributed by atoms with Crippen molar-refractivity contribution in [1.82, 2.24) is 4.90 Å². The number of methoxy groups -OCH3 is 2. The van der Waals surface area contributed by atoms with Gasteiger partial charge in [0.1, 0.15) is 0 Å². The zero-order valence-corrected chi connectivity index (χ0v) is 32.1. The molecule has 3 aliphatic carbocycles. The van der Waals surface area contributed by atoms with Gasteiger partial charge in [0, 0.05) is 23.1 Å². The molecule has 0 spiro atoms. The second-order valence-electron chi connectivity index (χ2n) is 15.5. The molecule has 2 bridgehead atoms. The number of fused-ring (bicyclic) bond motifs is 8. The largest absolute Gasteiger partial charge is 0.493 e. The van der Waals surface area contributed by atoms with Crippen molar-refractivity contribution in [3.05, 3.63) is 142 Å². The lowest BCUT2D eigenvalue weighted by molar-refractivity contribution is -0.140. The lowest BCUT2D eigenvalue weighted by Gasteiger charge is -2.46. The molecule has 0 heterocycles. The Kier molecular flexibility index (Phi) is 12.2. The number of hydrogen-bond acceptors (Lipinski definition) is 6. The van der Waals surface area contributed by atoms with Gasteiger partial charge >= 0.3 is 0 Å². The number of aliphatic hydroxyl groups is 2.